The molecular weight excluding hydrogens is 178 g/mol. The third kappa shape index (κ3) is 1.24. The van der Waals surface area contributed by atoms with E-state index in [1.165, 1.54) is 11.1 Å². The van der Waals surface area contributed by atoms with Gasteiger partial charge >= 0.3 is 0 Å². The molecule has 2 aliphatic heterocycles. The van der Waals surface area contributed by atoms with Crippen LogP contribution in [-0.4, -0.2) is 19.8 Å². The maximum absolute atomic E-state index is 5.54. The minimum absolute atomic E-state index is 0.666. The molecule has 0 spiro atoms. The van der Waals surface area contributed by atoms with Crippen LogP contribution in [-0.2, 0) is 13.0 Å². The van der Waals surface area contributed by atoms with Crippen molar-refractivity contribution in [1.82, 2.24) is 5.32 Å². The molecule has 1 N–H and O–H groups in total. The van der Waals surface area contributed by atoms with Gasteiger partial charge in [0.2, 0.25) is 0 Å². The maximum Gasteiger partial charge on any atom is 0.161 e. The summed E-state index contributed by atoms with van der Waals surface area (Å²) in [7, 11) is 0. The van der Waals surface area contributed by atoms with Crippen molar-refractivity contribution >= 4 is 0 Å². The molecule has 0 amide bonds. The monoisotopic (exact) mass is 191 g/mol. The lowest BCUT2D eigenvalue weighted by Crippen LogP contribution is -2.24. The Bertz CT molecular complexity index is 296. The summed E-state index contributed by atoms with van der Waals surface area (Å²) in [4.78, 5) is 0. The topological polar surface area (TPSA) is 30.5 Å². The van der Waals surface area contributed by atoms with Gasteiger partial charge in [0.15, 0.2) is 11.5 Å². The molecule has 0 radical (unpaired) electrons. The standard InChI is InChI=1S/C11H13NO2/c1-2-12-7-9-6-11-10(5-8(1)9)13-3-4-14-11/h5-6,12H,1-4,7H2. The Kier molecular flexibility index (Phi) is 1.84. The van der Waals surface area contributed by atoms with Gasteiger partial charge in [-0.2, -0.15) is 0 Å². The van der Waals surface area contributed by atoms with E-state index in [0.29, 0.717) is 13.2 Å². The van der Waals surface area contributed by atoms with Crippen LogP contribution in [0.1, 0.15) is 11.1 Å². The molecule has 0 unspecified atom stereocenters. The third-order valence-corrected chi connectivity index (χ3v) is 2.75. The molecule has 0 bridgehead atoms. The van der Waals surface area contributed by atoms with Gasteiger partial charge in [-0.15, -0.1) is 0 Å². The minimum atomic E-state index is 0.666. The SMILES string of the molecule is c1c2c(cc3c1OCCO3)CNCC2. The molecule has 3 heteroatoms. The van der Waals surface area contributed by atoms with Crippen molar-refractivity contribution in [1.29, 1.82) is 0 Å². The van der Waals surface area contributed by atoms with Crippen molar-refractivity contribution in [3.8, 4) is 11.5 Å². The molecule has 0 aromatic heterocycles. The van der Waals surface area contributed by atoms with Crippen molar-refractivity contribution in [2.24, 2.45) is 0 Å². The number of hydrogen-bond donors (Lipinski definition) is 1. The Morgan fingerprint density at radius 3 is 2.50 bits per heavy atom. The molecule has 1 aromatic carbocycles. The van der Waals surface area contributed by atoms with Crippen molar-refractivity contribution in [3.05, 3.63) is 23.3 Å². The largest absolute Gasteiger partial charge is 0.486 e. The molecule has 74 valence electrons. The molecule has 2 heterocycles. The van der Waals surface area contributed by atoms with E-state index in [1.54, 1.807) is 0 Å². The van der Waals surface area contributed by atoms with Gasteiger partial charge in [-0.25, -0.2) is 0 Å². The van der Waals surface area contributed by atoms with Crippen molar-refractivity contribution < 1.29 is 9.47 Å². The van der Waals surface area contributed by atoms with Crippen LogP contribution in [0.25, 0.3) is 0 Å². The zero-order chi connectivity index (χ0) is 9.38. The molecule has 0 atom stereocenters. The van der Waals surface area contributed by atoms with E-state index in [0.717, 1.165) is 31.0 Å². The zero-order valence-electron chi connectivity index (χ0n) is 8.01. The first-order valence-corrected chi connectivity index (χ1v) is 5.05. The third-order valence-electron chi connectivity index (χ3n) is 2.75. The smallest absolute Gasteiger partial charge is 0.161 e. The maximum atomic E-state index is 5.54. The molecule has 0 saturated heterocycles. The van der Waals surface area contributed by atoms with Crippen LogP contribution in [0.4, 0.5) is 0 Å². The van der Waals surface area contributed by atoms with Crippen LogP contribution in [0.15, 0.2) is 12.1 Å². The summed E-state index contributed by atoms with van der Waals surface area (Å²) in [5, 5.41) is 3.35. The van der Waals surface area contributed by atoms with Crippen LogP contribution in [0.2, 0.25) is 0 Å². The fraction of sp³-hybridized carbons (Fsp3) is 0.455. The van der Waals surface area contributed by atoms with Gasteiger partial charge in [-0.05, 0) is 36.2 Å². The Hall–Kier alpha value is -1.22. The number of benzene rings is 1. The second kappa shape index (κ2) is 3.17. The number of nitrogens with one attached hydrogen (secondary N) is 1. The van der Waals surface area contributed by atoms with E-state index in [9.17, 15) is 0 Å². The number of fused-ring (bicyclic) bond motifs is 2. The quantitative estimate of drug-likeness (QED) is 0.666. The molecule has 1 aromatic rings. The Balaban J connectivity index is 2.06. The highest BCUT2D eigenvalue weighted by molar-refractivity contribution is 5.48. The van der Waals surface area contributed by atoms with Gasteiger partial charge < -0.3 is 14.8 Å². The zero-order valence-corrected chi connectivity index (χ0v) is 8.01. The summed E-state index contributed by atoms with van der Waals surface area (Å²) in [5.41, 5.74) is 2.74. The fourth-order valence-electron chi connectivity index (χ4n) is 2.02. The molecular formula is C11H13NO2. The van der Waals surface area contributed by atoms with Gasteiger partial charge in [0.1, 0.15) is 13.2 Å². The average Bonchev–Trinajstić information content (AvgIpc) is 2.26. The lowest BCUT2D eigenvalue weighted by molar-refractivity contribution is 0.171. The molecule has 14 heavy (non-hydrogen) atoms. The normalized spacial score (nSPS) is 18.9. The predicted octanol–water partition coefficient (Wildman–Crippen LogP) is 1.10. The first-order valence-electron chi connectivity index (χ1n) is 5.05. The lowest BCUT2D eigenvalue weighted by atomic mass is 10.0. The van der Waals surface area contributed by atoms with E-state index in [1.807, 2.05) is 0 Å². The van der Waals surface area contributed by atoms with E-state index in [-0.39, 0.29) is 0 Å². The highest BCUT2D eigenvalue weighted by Crippen LogP contribution is 2.34. The van der Waals surface area contributed by atoms with Crippen LogP contribution in [0.5, 0.6) is 11.5 Å². The van der Waals surface area contributed by atoms with Gasteiger partial charge in [-0.1, -0.05) is 0 Å². The van der Waals surface area contributed by atoms with Crippen LogP contribution in [0, 0.1) is 0 Å². The summed E-state index contributed by atoms with van der Waals surface area (Å²) >= 11 is 0. The Labute approximate surface area is 83.0 Å². The Morgan fingerprint density at radius 1 is 1.00 bits per heavy atom. The number of rotatable bonds is 0. The first kappa shape index (κ1) is 8.12. The number of ether oxygens (including phenoxy) is 2. The predicted molar refractivity (Wildman–Crippen MR) is 52.8 cm³/mol. The molecule has 2 aliphatic rings. The molecule has 0 fully saturated rings. The first-order chi connectivity index (χ1) is 6.93. The average molecular weight is 191 g/mol. The molecule has 3 nitrogen and oxygen atoms in total. The van der Waals surface area contributed by atoms with Gasteiger partial charge in [0.25, 0.3) is 0 Å². The summed E-state index contributed by atoms with van der Waals surface area (Å²) in [6, 6.07) is 4.24. The van der Waals surface area contributed by atoms with Gasteiger partial charge in [0, 0.05) is 6.54 Å². The molecule has 0 saturated carbocycles. The van der Waals surface area contributed by atoms with Gasteiger partial charge in [0.05, 0.1) is 0 Å². The fourth-order valence-corrected chi connectivity index (χ4v) is 2.02. The van der Waals surface area contributed by atoms with E-state index >= 15 is 0 Å². The summed E-state index contributed by atoms with van der Waals surface area (Å²) < 4.78 is 11.1. The van der Waals surface area contributed by atoms with Gasteiger partial charge in [-0.3, -0.25) is 0 Å². The Morgan fingerprint density at radius 2 is 1.71 bits per heavy atom. The summed E-state index contributed by atoms with van der Waals surface area (Å²) in [6.45, 7) is 3.35. The van der Waals surface area contributed by atoms with E-state index < -0.39 is 0 Å². The molecule has 0 aliphatic carbocycles. The van der Waals surface area contributed by atoms with Crippen molar-refractivity contribution in [3.63, 3.8) is 0 Å². The van der Waals surface area contributed by atoms with Crippen LogP contribution in [0.3, 0.4) is 0 Å². The number of hydrogen-bond acceptors (Lipinski definition) is 3. The van der Waals surface area contributed by atoms with Crippen LogP contribution < -0.4 is 14.8 Å². The highest BCUT2D eigenvalue weighted by atomic mass is 16.6. The van der Waals surface area contributed by atoms with E-state index in [4.69, 9.17) is 9.47 Å². The minimum Gasteiger partial charge on any atom is -0.486 e. The lowest BCUT2D eigenvalue weighted by Gasteiger charge is -2.23. The van der Waals surface area contributed by atoms with E-state index in [2.05, 4.69) is 17.4 Å². The molecule has 3 rings (SSSR count). The van der Waals surface area contributed by atoms with Crippen LogP contribution >= 0.6 is 0 Å². The highest BCUT2D eigenvalue weighted by Gasteiger charge is 2.17. The summed E-state index contributed by atoms with van der Waals surface area (Å²) in [5.74, 6) is 1.82. The van der Waals surface area contributed by atoms with Crippen molar-refractivity contribution in [2.45, 2.75) is 13.0 Å². The second-order valence-corrected chi connectivity index (χ2v) is 3.69. The summed E-state index contributed by atoms with van der Waals surface area (Å²) in [6.07, 6.45) is 1.09. The second-order valence-electron chi connectivity index (χ2n) is 3.69. The van der Waals surface area contributed by atoms with Crippen molar-refractivity contribution in [2.75, 3.05) is 19.8 Å².